The summed E-state index contributed by atoms with van der Waals surface area (Å²) in [5.41, 5.74) is 3.29. The highest BCUT2D eigenvalue weighted by molar-refractivity contribution is 14.1. The zero-order valence-electron chi connectivity index (χ0n) is 10.4. The van der Waals surface area contributed by atoms with Gasteiger partial charge in [0.05, 0.1) is 25.3 Å². The number of imidazole rings is 1. The molecule has 6 heteroatoms. The molecule has 2 aromatic carbocycles. The smallest absolute Gasteiger partial charge is 0.182 e. The first-order valence-electron chi connectivity index (χ1n) is 5.83. The van der Waals surface area contributed by atoms with Crippen molar-refractivity contribution in [1.29, 1.82) is 0 Å². The monoisotopic (exact) mass is 418 g/mol. The van der Waals surface area contributed by atoms with Gasteiger partial charge in [-0.25, -0.2) is 4.39 Å². The summed E-state index contributed by atoms with van der Waals surface area (Å²) in [6, 6.07) is 8.88. The van der Waals surface area contributed by atoms with Crippen LogP contribution >= 0.6 is 46.4 Å². The van der Waals surface area contributed by atoms with E-state index in [-0.39, 0.29) is 5.82 Å². The van der Waals surface area contributed by atoms with Gasteiger partial charge in [0, 0.05) is 6.07 Å². The first-order valence-corrected chi connectivity index (χ1v) is 7.70. The van der Waals surface area contributed by atoms with Crippen LogP contribution in [-0.4, -0.2) is 9.55 Å². The Labute approximate surface area is 138 Å². The predicted molar refractivity (Wildman–Crippen MR) is 90.9 cm³/mol. The molecule has 0 radical (unpaired) electrons. The van der Waals surface area contributed by atoms with Crippen LogP contribution in [0.25, 0.3) is 16.7 Å². The summed E-state index contributed by atoms with van der Waals surface area (Å²) >= 11 is 13.6. The van der Waals surface area contributed by atoms with E-state index < -0.39 is 0 Å². The summed E-state index contributed by atoms with van der Waals surface area (Å²) in [6.45, 7) is 1.97. The van der Waals surface area contributed by atoms with Crippen LogP contribution in [0.5, 0.6) is 0 Å². The van der Waals surface area contributed by atoms with Crippen LogP contribution in [0.3, 0.4) is 0 Å². The van der Waals surface area contributed by atoms with Crippen molar-refractivity contribution in [3.8, 4) is 5.69 Å². The van der Waals surface area contributed by atoms with E-state index in [1.807, 2.05) is 47.7 Å². The van der Waals surface area contributed by atoms with E-state index in [1.54, 1.807) is 10.6 Å². The topological polar surface area (TPSA) is 20.7 Å². The molecule has 1 N–H and O–H groups in total. The number of hydrogen-bond donors (Lipinski definition) is 1. The molecule has 0 saturated heterocycles. The molecule has 0 aliphatic carbocycles. The van der Waals surface area contributed by atoms with Gasteiger partial charge in [-0.3, -0.25) is 4.57 Å². The molecule has 0 atom stereocenters. The molecule has 1 aromatic heterocycles. The van der Waals surface area contributed by atoms with Gasteiger partial charge in [-0.15, -0.1) is 0 Å². The zero-order valence-corrected chi connectivity index (χ0v) is 14.1. The van der Waals surface area contributed by atoms with Crippen molar-refractivity contribution in [2.45, 2.75) is 6.92 Å². The van der Waals surface area contributed by atoms with Gasteiger partial charge in [-0.2, -0.15) is 0 Å². The molecule has 2 nitrogen and oxygen atoms in total. The van der Waals surface area contributed by atoms with E-state index >= 15 is 0 Å². The van der Waals surface area contributed by atoms with E-state index in [1.165, 1.54) is 6.07 Å². The number of aromatic amines is 1. The standard InChI is InChI=1S/C14H9ClFIN2S/c1-7-2-3-8(15)12(4-7)19-13-5-9(16)10(17)6-11(13)18-14(19)20/h2-6H,1H3,(H,18,20). The summed E-state index contributed by atoms with van der Waals surface area (Å²) < 4.78 is 16.6. The maximum atomic E-state index is 13.8. The second-order valence-electron chi connectivity index (χ2n) is 4.50. The summed E-state index contributed by atoms with van der Waals surface area (Å²) in [6.07, 6.45) is 0. The second-order valence-corrected chi connectivity index (χ2v) is 6.46. The lowest BCUT2D eigenvalue weighted by atomic mass is 10.2. The molecule has 0 aliphatic heterocycles. The highest BCUT2D eigenvalue weighted by Crippen LogP contribution is 2.28. The quantitative estimate of drug-likeness (QED) is 0.415. The first-order chi connectivity index (χ1) is 9.47. The highest BCUT2D eigenvalue weighted by atomic mass is 127. The molecule has 0 amide bonds. The van der Waals surface area contributed by atoms with E-state index in [9.17, 15) is 4.39 Å². The third-order valence-corrected chi connectivity index (χ3v) is 4.50. The third-order valence-electron chi connectivity index (χ3n) is 3.07. The number of nitrogens with zero attached hydrogens (tertiary/aromatic N) is 1. The minimum Gasteiger partial charge on any atom is -0.330 e. The van der Waals surface area contributed by atoms with Gasteiger partial charge in [0.2, 0.25) is 0 Å². The fourth-order valence-corrected chi connectivity index (χ4v) is 3.11. The fraction of sp³-hybridized carbons (Fsp3) is 0.0714. The average Bonchev–Trinajstić information content (AvgIpc) is 2.69. The minimum absolute atomic E-state index is 0.273. The van der Waals surface area contributed by atoms with Gasteiger partial charge in [0.25, 0.3) is 0 Å². The lowest BCUT2D eigenvalue weighted by Gasteiger charge is -2.08. The molecule has 1 heterocycles. The van der Waals surface area contributed by atoms with Crippen molar-refractivity contribution >= 4 is 57.4 Å². The van der Waals surface area contributed by atoms with E-state index in [0.29, 0.717) is 18.9 Å². The Kier molecular flexibility index (Phi) is 3.60. The number of halogens is 3. The summed E-state index contributed by atoms with van der Waals surface area (Å²) in [4.78, 5) is 3.09. The van der Waals surface area contributed by atoms with E-state index in [4.69, 9.17) is 23.8 Å². The Hall–Kier alpha value is -0.920. The van der Waals surface area contributed by atoms with Crippen molar-refractivity contribution in [3.63, 3.8) is 0 Å². The third kappa shape index (κ3) is 2.27. The number of benzene rings is 2. The molecule has 102 valence electrons. The lowest BCUT2D eigenvalue weighted by molar-refractivity contribution is 0.622. The zero-order chi connectivity index (χ0) is 14.4. The van der Waals surface area contributed by atoms with Gasteiger partial charge >= 0.3 is 0 Å². The van der Waals surface area contributed by atoms with Crippen LogP contribution in [0.15, 0.2) is 30.3 Å². The van der Waals surface area contributed by atoms with Gasteiger partial charge in [0.15, 0.2) is 4.77 Å². The molecule has 0 saturated carbocycles. The normalized spacial score (nSPS) is 11.2. The SMILES string of the molecule is Cc1ccc(Cl)c(-n2c(=S)[nH]c3cc(I)c(F)cc32)c1. The maximum Gasteiger partial charge on any atom is 0.182 e. The van der Waals surface area contributed by atoms with E-state index in [2.05, 4.69) is 4.98 Å². The van der Waals surface area contributed by atoms with Crippen molar-refractivity contribution in [3.05, 3.63) is 55.1 Å². The van der Waals surface area contributed by atoms with Crippen LogP contribution in [0, 0.1) is 21.1 Å². The van der Waals surface area contributed by atoms with Crippen LogP contribution in [0.2, 0.25) is 5.02 Å². The average molecular weight is 419 g/mol. The van der Waals surface area contributed by atoms with Crippen molar-refractivity contribution in [1.82, 2.24) is 9.55 Å². The Bertz CT molecular complexity index is 885. The highest BCUT2D eigenvalue weighted by Gasteiger charge is 2.12. The van der Waals surface area contributed by atoms with Gasteiger partial charge in [0.1, 0.15) is 5.82 Å². The predicted octanol–water partition coefficient (Wildman–Crippen LogP) is 5.39. The Morgan fingerprint density at radius 1 is 1.30 bits per heavy atom. The molecule has 0 bridgehead atoms. The number of rotatable bonds is 1. The summed E-state index contributed by atoms with van der Waals surface area (Å²) in [5, 5.41) is 0.576. The molecule has 3 aromatic rings. The Morgan fingerprint density at radius 2 is 2.05 bits per heavy atom. The molecule has 3 rings (SSSR count). The molecule has 20 heavy (non-hydrogen) atoms. The Morgan fingerprint density at radius 3 is 2.80 bits per heavy atom. The van der Waals surface area contributed by atoms with E-state index in [0.717, 1.165) is 16.8 Å². The number of aryl methyl sites for hydroxylation is 1. The minimum atomic E-state index is -0.273. The summed E-state index contributed by atoms with van der Waals surface area (Å²) in [7, 11) is 0. The van der Waals surface area contributed by atoms with Gasteiger partial charge in [-0.1, -0.05) is 17.7 Å². The number of H-pyrrole nitrogens is 1. The fourth-order valence-electron chi connectivity index (χ4n) is 2.14. The summed E-state index contributed by atoms with van der Waals surface area (Å²) in [5.74, 6) is -0.273. The number of hydrogen-bond acceptors (Lipinski definition) is 1. The van der Waals surface area contributed by atoms with Crippen LogP contribution < -0.4 is 0 Å². The van der Waals surface area contributed by atoms with Gasteiger partial charge < -0.3 is 4.98 Å². The van der Waals surface area contributed by atoms with Crippen LogP contribution in [0.1, 0.15) is 5.56 Å². The van der Waals surface area contributed by atoms with Crippen LogP contribution in [0.4, 0.5) is 4.39 Å². The largest absolute Gasteiger partial charge is 0.330 e. The molecule has 0 spiro atoms. The van der Waals surface area contributed by atoms with Gasteiger partial charge in [-0.05, 0) is 65.5 Å². The lowest BCUT2D eigenvalue weighted by Crippen LogP contribution is -1.96. The number of nitrogens with one attached hydrogen (secondary N) is 1. The number of fused-ring (bicyclic) bond motifs is 1. The van der Waals surface area contributed by atoms with Crippen molar-refractivity contribution in [2.24, 2.45) is 0 Å². The Balaban J connectivity index is 2.42. The molecular formula is C14H9ClFIN2S. The maximum absolute atomic E-state index is 13.8. The van der Waals surface area contributed by atoms with Crippen LogP contribution in [-0.2, 0) is 0 Å². The molecular weight excluding hydrogens is 410 g/mol. The second kappa shape index (κ2) is 5.13. The van der Waals surface area contributed by atoms with Crippen molar-refractivity contribution in [2.75, 3.05) is 0 Å². The molecule has 0 aliphatic rings. The first kappa shape index (κ1) is 14.0. The molecule has 0 unspecified atom stereocenters. The molecule has 0 fully saturated rings. The number of aromatic nitrogens is 2. The van der Waals surface area contributed by atoms with Crippen molar-refractivity contribution < 1.29 is 4.39 Å².